The Hall–Kier alpha value is -2.90. The van der Waals surface area contributed by atoms with Crippen molar-refractivity contribution in [1.29, 1.82) is 0 Å². The van der Waals surface area contributed by atoms with Crippen molar-refractivity contribution < 1.29 is 22.8 Å². The summed E-state index contributed by atoms with van der Waals surface area (Å²) in [5, 5.41) is 2.71. The summed E-state index contributed by atoms with van der Waals surface area (Å²) in [7, 11) is 1.53. The van der Waals surface area contributed by atoms with E-state index in [0.717, 1.165) is 12.1 Å². The first-order valence-corrected chi connectivity index (χ1v) is 9.52. The lowest BCUT2D eigenvalue weighted by molar-refractivity contribution is -0.137. The lowest BCUT2D eigenvalue weighted by atomic mass is 10.1. The summed E-state index contributed by atoms with van der Waals surface area (Å²) in [4.78, 5) is 30.0. The molecule has 0 fully saturated rings. The zero-order chi connectivity index (χ0) is 23.1. The molecule has 1 rings (SSSR count). The van der Waals surface area contributed by atoms with E-state index in [0.29, 0.717) is 22.7 Å². The van der Waals surface area contributed by atoms with Gasteiger partial charge >= 0.3 is 6.18 Å². The lowest BCUT2D eigenvalue weighted by Crippen LogP contribution is -2.35. The second-order valence-corrected chi connectivity index (χ2v) is 6.87. The predicted octanol–water partition coefficient (Wildman–Crippen LogP) is 4.85. The lowest BCUT2D eigenvalue weighted by Gasteiger charge is -2.20. The molecule has 0 heterocycles. The number of carbonyl (C=O) groups is 2. The smallest absolute Gasteiger partial charge is 0.323 e. The first-order chi connectivity index (χ1) is 13.9. The highest BCUT2D eigenvalue weighted by molar-refractivity contribution is 5.98. The molecule has 164 valence electrons. The van der Waals surface area contributed by atoms with Gasteiger partial charge in [-0.15, -0.1) is 0 Å². The fourth-order valence-corrected chi connectivity index (χ4v) is 2.74. The van der Waals surface area contributed by atoms with E-state index in [4.69, 9.17) is 0 Å². The van der Waals surface area contributed by atoms with Gasteiger partial charge in [-0.05, 0) is 39.3 Å². The van der Waals surface area contributed by atoms with Gasteiger partial charge in [-0.1, -0.05) is 31.2 Å². The molecular formula is C22H28F3N3O2. The molecule has 0 aromatic heterocycles. The van der Waals surface area contributed by atoms with Crippen molar-refractivity contribution >= 4 is 17.5 Å². The monoisotopic (exact) mass is 423 g/mol. The van der Waals surface area contributed by atoms with E-state index in [-0.39, 0.29) is 24.4 Å². The maximum Gasteiger partial charge on any atom is 0.416 e. The van der Waals surface area contributed by atoms with Crippen molar-refractivity contribution in [3.63, 3.8) is 0 Å². The zero-order valence-corrected chi connectivity index (χ0v) is 18.1. The van der Waals surface area contributed by atoms with Gasteiger partial charge < -0.3 is 10.2 Å². The number of likely N-dealkylation sites (N-methyl/N-ethyl adjacent to an activating group) is 1. The van der Waals surface area contributed by atoms with Crippen LogP contribution >= 0.6 is 0 Å². The Morgan fingerprint density at radius 1 is 1.20 bits per heavy atom. The molecule has 0 unspecified atom stereocenters. The molecule has 0 saturated carbocycles. The molecule has 5 nitrogen and oxygen atoms in total. The molecule has 0 atom stereocenters. The van der Waals surface area contributed by atoms with Crippen molar-refractivity contribution in [2.24, 2.45) is 4.99 Å². The van der Waals surface area contributed by atoms with E-state index in [1.165, 1.54) is 18.0 Å². The first kappa shape index (κ1) is 25.1. The number of nitrogens with zero attached hydrogens (tertiary/aromatic N) is 2. The Morgan fingerprint density at radius 2 is 1.83 bits per heavy atom. The standard InChI is InChI=1S/C22H28F3N3O2/c1-7-19(28(6)20(29)8-2)21(30)27-16(5)15(4)26-14(3)12-17-10-9-11-18(13-17)22(23,24)25/h7,9-11,13H,8,12H2,1-6H3,(H,27,30)/b16-15+,19-7-,26-14+. The van der Waals surface area contributed by atoms with Crippen molar-refractivity contribution in [3.8, 4) is 0 Å². The van der Waals surface area contributed by atoms with Crippen molar-refractivity contribution in [2.45, 2.75) is 53.6 Å². The van der Waals surface area contributed by atoms with Crippen LogP contribution in [0.5, 0.6) is 0 Å². The van der Waals surface area contributed by atoms with E-state index in [2.05, 4.69) is 10.3 Å². The van der Waals surface area contributed by atoms with Gasteiger partial charge in [0.1, 0.15) is 5.70 Å². The van der Waals surface area contributed by atoms with Crippen LogP contribution in [0.25, 0.3) is 0 Å². The van der Waals surface area contributed by atoms with Gasteiger partial charge in [0.25, 0.3) is 5.91 Å². The van der Waals surface area contributed by atoms with Crippen LogP contribution in [-0.4, -0.2) is 29.5 Å². The molecule has 1 aromatic carbocycles. The third-order valence-electron chi connectivity index (χ3n) is 4.46. The predicted molar refractivity (Wildman–Crippen MR) is 112 cm³/mol. The molecule has 0 aliphatic carbocycles. The second-order valence-electron chi connectivity index (χ2n) is 6.87. The highest BCUT2D eigenvalue weighted by atomic mass is 19.4. The number of amides is 2. The van der Waals surface area contributed by atoms with Crippen molar-refractivity contribution in [2.75, 3.05) is 7.05 Å². The highest BCUT2D eigenvalue weighted by Gasteiger charge is 2.30. The number of aliphatic imine (C=N–C) groups is 1. The molecule has 0 saturated heterocycles. The van der Waals surface area contributed by atoms with E-state index in [1.54, 1.807) is 46.8 Å². The van der Waals surface area contributed by atoms with Crippen LogP contribution in [0, 0.1) is 0 Å². The van der Waals surface area contributed by atoms with Gasteiger partial charge in [0.15, 0.2) is 0 Å². The largest absolute Gasteiger partial charge is 0.416 e. The Kier molecular flexibility index (Phi) is 9.01. The molecule has 0 aliphatic rings. The molecule has 30 heavy (non-hydrogen) atoms. The quantitative estimate of drug-likeness (QED) is 0.503. The Morgan fingerprint density at radius 3 is 2.37 bits per heavy atom. The minimum Gasteiger partial charge on any atom is -0.323 e. The van der Waals surface area contributed by atoms with E-state index < -0.39 is 17.6 Å². The highest BCUT2D eigenvalue weighted by Crippen LogP contribution is 2.29. The molecule has 0 aliphatic heterocycles. The fraction of sp³-hybridized carbons (Fsp3) is 0.409. The van der Waals surface area contributed by atoms with Crippen LogP contribution in [0.1, 0.15) is 52.2 Å². The Balaban J connectivity index is 2.95. The van der Waals surface area contributed by atoms with Crippen molar-refractivity contribution in [1.82, 2.24) is 10.2 Å². The molecule has 8 heteroatoms. The summed E-state index contributed by atoms with van der Waals surface area (Å²) in [5.74, 6) is -0.629. The average Bonchev–Trinajstić information content (AvgIpc) is 2.66. The SMILES string of the molecule is C/C=C(/C(=O)N/C(C)=C(C)/N=C(\C)Cc1cccc(C(F)(F)F)c1)N(C)C(=O)CC. The van der Waals surface area contributed by atoms with E-state index >= 15 is 0 Å². The van der Waals surface area contributed by atoms with Crippen molar-refractivity contribution in [3.05, 3.63) is 58.6 Å². The maximum absolute atomic E-state index is 12.9. The summed E-state index contributed by atoms with van der Waals surface area (Å²) in [6, 6.07) is 5.11. The molecule has 0 radical (unpaired) electrons. The van der Waals surface area contributed by atoms with Crippen LogP contribution in [-0.2, 0) is 22.2 Å². The number of hydrogen-bond acceptors (Lipinski definition) is 3. The third kappa shape index (κ3) is 7.17. The molecule has 0 bridgehead atoms. The molecule has 1 aromatic rings. The molecule has 0 spiro atoms. The molecular weight excluding hydrogens is 395 g/mol. The van der Waals surface area contributed by atoms with Gasteiger partial charge in [0.05, 0.1) is 11.3 Å². The van der Waals surface area contributed by atoms with Gasteiger partial charge in [0, 0.05) is 31.3 Å². The van der Waals surface area contributed by atoms with Gasteiger partial charge in [-0.3, -0.25) is 14.6 Å². The Labute approximate surface area is 175 Å². The van der Waals surface area contributed by atoms with E-state index in [1.807, 2.05) is 0 Å². The van der Waals surface area contributed by atoms with Gasteiger partial charge in [-0.2, -0.15) is 13.2 Å². The van der Waals surface area contributed by atoms with Crippen LogP contribution < -0.4 is 5.32 Å². The number of benzene rings is 1. The minimum atomic E-state index is -4.39. The zero-order valence-electron chi connectivity index (χ0n) is 18.1. The van der Waals surface area contributed by atoms with Gasteiger partial charge in [0.2, 0.25) is 5.91 Å². The van der Waals surface area contributed by atoms with Crippen LogP contribution in [0.2, 0.25) is 0 Å². The number of rotatable bonds is 7. The summed E-state index contributed by atoms with van der Waals surface area (Å²) < 4.78 is 38.6. The minimum absolute atomic E-state index is 0.188. The fourth-order valence-electron chi connectivity index (χ4n) is 2.74. The Bertz CT molecular complexity index is 884. The normalized spacial score (nSPS) is 13.6. The number of alkyl halides is 3. The first-order valence-electron chi connectivity index (χ1n) is 9.52. The number of nitrogens with one attached hydrogen (secondary N) is 1. The maximum atomic E-state index is 12.9. The number of carbonyl (C=O) groups excluding carboxylic acids is 2. The van der Waals surface area contributed by atoms with Crippen LogP contribution in [0.3, 0.4) is 0 Å². The average molecular weight is 423 g/mol. The number of hydrogen-bond donors (Lipinski definition) is 1. The van der Waals surface area contributed by atoms with Crippen LogP contribution in [0.15, 0.2) is 52.4 Å². The summed E-state index contributed by atoms with van der Waals surface area (Å²) in [5.41, 5.74) is 1.63. The third-order valence-corrected chi connectivity index (χ3v) is 4.46. The topological polar surface area (TPSA) is 61.8 Å². The molecule has 2 amide bonds. The van der Waals surface area contributed by atoms with Crippen LogP contribution in [0.4, 0.5) is 13.2 Å². The summed E-state index contributed by atoms with van der Waals surface area (Å²) >= 11 is 0. The number of halogens is 3. The van der Waals surface area contributed by atoms with E-state index in [9.17, 15) is 22.8 Å². The summed E-state index contributed by atoms with van der Waals surface area (Å²) in [6.45, 7) is 8.45. The number of allylic oxidation sites excluding steroid dienone is 3. The second kappa shape index (κ2) is 10.8. The summed E-state index contributed by atoms with van der Waals surface area (Å²) in [6.07, 6.45) is -2.33. The van der Waals surface area contributed by atoms with Gasteiger partial charge in [-0.25, -0.2) is 0 Å². The molecule has 1 N–H and O–H groups in total.